The number of nitrogens with one attached hydrogen (secondary N) is 2. The van der Waals surface area contributed by atoms with Gasteiger partial charge in [0.25, 0.3) is 5.91 Å². The molecule has 2 heterocycles. The smallest absolute Gasteiger partial charge is 0.252 e. The van der Waals surface area contributed by atoms with Crippen molar-refractivity contribution in [3.05, 3.63) is 35.7 Å². The zero-order valence-electron chi connectivity index (χ0n) is 12.1. The molecule has 1 aromatic heterocycles. The summed E-state index contributed by atoms with van der Waals surface area (Å²) in [6, 6.07) is 2.21. The molecule has 0 spiro atoms. The minimum atomic E-state index is -1.06. The second-order valence-electron chi connectivity index (χ2n) is 5.04. The highest BCUT2D eigenvalue weighted by Gasteiger charge is 2.34. The molecular weight excluding hydrogens is 308 g/mol. The Bertz CT molecular complexity index is 789. The van der Waals surface area contributed by atoms with Gasteiger partial charge in [0, 0.05) is 18.2 Å². The normalized spacial score (nSPS) is 16.1. The number of anilines is 2. The van der Waals surface area contributed by atoms with Gasteiger partial charge >= 0.3 is 0 Å². The van der Waals surface area contributed by atoms with Crippen LogP contribution in [0.2, 0.25) is 0 Å². The first-order chi connectivity index (χ1) is 11.0. The van der Waals surface area contributed by atoms with E-state index in [1.165, 1.54) is 10.7 Å². The summed E-state index contributed by atoms with van der Waals surface area (Å²) in [7, 11) is 0. The highest BCUT2D eigenvalue weighted by atomic mass is 19.2. The molecule has 2 aromatic rings. The minimum absolute atomic E-state index is 0.111. The zero-order chi connectivity index (χ0) is 16.6. The van der Waals surface area contributed by atoms with E-state index in [9.17, 15) is 18.4 Å². The number of amides is 2. The number of benzene rings is 1. The second kappa shape index (κ2) is 5.75. The molecule has 0 saturated heterocycles. The van der Waals surface area contributed by atoms with Gasteiger partial charge in [-0.25, -0.2) is 13.5 Å². The molecular formula is C14H13F2N5O2. The first kappa shape index (κ1) is 15.1. The number of carbonyl (C=O) groups excluding carboxylic acids is 2. The van der Waals surface area contributed by atoms with Crippen LogP contribution < -0.4 is 10.6 Å². The maximum atomic E-state index is 13.1. The Balaban J connectivity index is 1.71. The topological polar surface area (TPSA) is 88.9 Å². The maximum absolute atomic E-state index is 13.1. The van der Waals surface area contributed by atoms with Gasteiger partial charge in [0.05, 0.1) is 6.42 Å². The van der Waals surface area contributed by atoms with Crippen molar-refractivity contribution < 1.29 is 18.4 Å². The van der Waals surface area contributed by atoms with E-state index >= 15 is 0 Å². The summed E-state index contributed by atoms with van der Waals surface area (Å²) in [5.41, 5.74) is 0.111. The third-order valence-electron chi connectivity index (χ3n) is 3.41. The molecule has 0 saturated carbocycles. The van der Waals surface area contributed by atoms with Crippen molar-refractivity contribution in [1.29, 1.82) is 0 Å². The van der Waals surface area contributed by atoms with Gasteiger partial charge in [-0.2, -0.15) is 10.1 Å². The Kier molecular flexibility index (Phi) is 3.77. The van der Waals surface area contributed by atoms with E-state index < -0.39 is 23.6 Å². The molecule has 1 aliphatic heterocycles. The molecule has 0 aliphatic carbocycles. The van der Waals surface area contributed by atoms with E-state index in [-0.39, 0.29) is 18.0 Å². The lowest BCUT2D eigenvalue weighted by Crippen LogP contribution is -2.24. The Hall–Kier alpha value is -2.84. The van der Waals surface area contributed by atoms with Gasteiger partial charge in [0.1, 0.15) is 6.04 Å². The van der Waals surface area contributed by atoms with Crippen molar-refractivity contribution in [2.24, 2.45) is 0 Å². The average molecular weight is 321 g/mol. The highest BCUT2D eigenvalue weighted by molar-refractivity contribution is 6.00. The van der Waals surface area contributed by atoms with Crippen LogP contribution in [0, 0.1) is 11.6 Å². The quantitative estimate of drug-likeness (QED) is 0.896. The number of aromatic nitrogens is 3. The van der Waals surface area contributed by atoms with Crippen molar-refractivity contribution in [1.82, 2.24) is 14.8 Å². The SMILES string of the molecule is CCc1nc2n(n1)C(CC(=O)Nc1ccc(F)c(F)c1)C(=O)N2. The highest BCUT2D eigenvalue weighted by Crippen LogP contribution is 2.25. The van der Waals surface area contributed by atoms with E-state index in [2.05, 4.69) is 20.7 Å². The van der Waals surface area contributed by atoms with Crippen molar-refractivity contribution >= 4 is 23.5 Å². The summed E-state index contributed by atoms with van der Waals surface area (Å²) in [5, 5.41) is 9.13. The van der Waals surface area contributed by atoms with Crippen molar-refractivity contribution in [2.75, 3.05) is 10.6 Å². The Morgan fingerprint density at radius 1 is 1.39 bits per heavy atom. The molecule has 0 radical (unpaired) electrons. The fraction of sp³-hybridized carbons (Fsp3) is 0.286. The van der Waals surface area contributed by atoms with Gasteiger partial charge in [-0.3, -0.25) is 14.9 Å². The van der Waals surface area contributed by atoms with Gasteiger partial charge in [0.15, 0.2) is 17.5 Å². The van der Waals surface area contributed by atoms with E-state index in [1.54, 1.807) is 0 Å². The van der Waals surface area contributed by atoms with Crippen LogP contribution in [-0.4, -0.2) is 26.6 Å². The number of aryl methyl sites for hydroxylation is 1. The summed E-state index contributed by atoms with van der Waals surface area (Å²) in [6.45, 7) is 1.87. The fourth-order valence-electron chi connectivity index (χ4n) is 2.27. The van der Waals surface area contributed by atoms with Crippen LogP contribution in [0.3, 0.4) is 0 Å². The number of rotatable bonds is 4. The van der Waals surface area contributed by atoms with Crippen LogP contribution >= 0.6 is 0 Å². The summed E-state index contributed by atoms with van der Waals surface area (Å²) < 4.78 is 27.3. The van der Waals surface area contributed by atoms with Crippen LogP contribution in [0.1, 0.15) is 25.2 Å². The number of hydrogen-bond donors (Lipinski definition) is 2. The molecule has 1 aromatic carbocycles. The lowest BCUT2D eigenvalue weighted by Gasteiger charge is -2.10. The summed E-state index contributed by atoms with van der Waals surface area (Å²) in [6.07, 6.45) is 0.411. The van der Waals surface area contributed by atoms with Gasteiger partial charge in [-0.1, -0.05) is 6.92 Å². The van der Waals surface area contributed by atoms with Gasteiger partial charge < -0.3 is 5.32 Å². The monoisotopic (exact) mass is 321 g/mol. The lowest BCUT2D eigenvalue weighted by molar-refractivity contribution is -0.123. The minimum Gasteiger partial charge on any atom is -0.326 e. The molecule has 1 atom stereocenters. The largest absolute Gasteiger partial charge is 0.326 e. The van der Waals surface area contributed by atoms with Crippen LogP contribution in [0.4, 0.5) is 20.4 Å². The van der Waals surface area contributed by atoms with Crippen LogP contribution in [0.5, 0.6) is 0 Å². The molecule has 23 heavy (non-hydrogen) atoms. The molecule has 120 valence electrons. The summed E-state index contributed by atoms with van der Waals surface area (Å²) >= 11 is 0. The molecule has 9 heteroatoms. The molecule has 2 N–H and O–H groups in total. The standard InChI is InChI=1S/C14H13F2N5O2/c1-2-11-18-14-19-13(23)10(21(14)20-11)6-12(22)17-7-3-4-8(15)9(16)5-7/h3-5,10H,2,6H2,1H3,(H,17,22)(H,18,19,20,23). The van der Waals surface area contributed by atoms with Gasteiger partial charge in [-0.05, 0) is 12.1 Å². The molecule has 2 amide bonds. The summed E-state index contributed by atoms with van der Waals surface area (Å²) in [5.74, 6) is -2.10. The Labute approximate surface area is 129 Å². The van der Waals surface area contributed by atoms with Crippen LogP contribution in [-0.2, 0) is 16.0 Å². The predicted octanol–water partition coefficient (Wildman–Crippen LogP) is 1.64. The predicted molar refractivity (Wildman–Crippen MR) is 76.7 cm³/mol. The third kappa shape index (κ3) is 2.89. The van der Waals surface area contributed by atoms with E-state index in [0.717, 1.165) is 12.1 Å². The van der Waals surface area contributed by atoms with Crippen LogP contribution in [0.25, 0.3) is 0 Å². The molecule has 1 unspecified atom stereocenters. The molecule has 7 nitrogen and oxygen atoms in total. The lowest BCUT2D eigenvalue weighted by atomic mass is 10.2. The zero-order valence-corrected chi connectivity index (χ0v) is 12.1. The number of halogens is 2. The fourth-order valence-corrected chi connectivity index (χ4v) is 2.27. The van der Waals surface area contributed by atoms with Gasteiger partial charge in [-0.15, -0.1) is 0 Å². The first-order valence-electron chi connectivity index (χ1n) is 6.99. The molecule has 1 aliphatic rings. The maximum Gasteiger partial charge on any atom is 0.252 e. The van der Waals surface area contributed by atoms with E-state index in [4.69, 9.17) is 0 Å². The Morgan fingerprint density at radius 2 is 2.17 bits per heavy atom. The molecule has 0 fully saturated rings. The average Bonchev–Trinajstić information content (AvgIpc) is 3.02. The van der Waals surface area contributed by atoms with Gasteiger partial charge in [0.2, 0.25) is 11.9 Å². The van der Waals surface area contributed by atoms with Crippen LogP contribution in [0.15, 0.2) is 18.2 Å². The first-order valence-corrected chi connectivity index (χ1v) is 6.99. The number of carbonyl (C=O) groups is 2. The van der Waals surface area contributed by atoms with Crippen molar-refractivity contribution in [3.63, 3.8) is 0 Å². The molecule has 0 bridgehead atoms. The van der Waals surface area contributed by atoms with Crippen molar-refractivity contribution in [2.45, 2.75) is 25.8 Å². The van der Waals surface area contributed by atoms with E-state index in [1.807, 2.05) is 6.92 Å². The number of fused-ring (bicyclic) bond motifs is 1. The molecule has 3 rings (SSSR count). The number of nitrogens with zero attached hydrogens (tertiary/aromatic N) is 3. The van der Waals surface area contributed by atoms with Crippen molar-refractivity contribution in [3.8, 4) is 0 Å². The summed E-state index contributed by atoms with van der Waals surface area (Å²) in [4.78, 5) is 28.0. The number of hydrogen-bond acceptors (Lipinski definition) is 4. The Morgan fingerprint density at radius 3 is 2.87 bits per heavy atom. The second-order valence-corrected chi connectivity index (χ2v) is 5.04. The third-order valence-corrected chi connectivity index (χ3v) is 3.41. The van der Waals surface area contributed by atoms with E-state index in [0.29, 0.717) is 18.2 Å².